The maximum atomic E-state index is 5.97. The van der Waals surface area contributed by atoms with Gasteiger partial charge in [0.25, 0.3) is 0 Å². The van der Waals surface area contributed by atoms with Gasteiger partial charge in [-0.15, -0.1) is 0 Å². The van der Waals surface area contributed by atoms with E-state index in [1.807, 2.05) is 0 Å². The Morgan fingerprint density at radius 1 is 1.25 bits per heavy atom. The van der Waals surface area contributed by atoms with Crippen molar-refractivity contribution < 1.29 is 0 Å². The predicted octanol–water partition coefficient (Wildman–Crippen LogP) is 3.07. The third-order valence-corrected chi connectivity index (χ3v) is 4.99. The highest BCUT2D eigenvalue weighted by Gasteiger charge is 2.33. The molecule has 88 valence electrons. The Morgan fingerprint density at radius 2 is 1.94 bits per heavy atom. The lowest BCUT2D eigenvalue weighted by Gasteiger charge is -2.26. The van der Waals surface area contributed by atoms with E-state index in [1.165, 1.54) is 35.3 Å². The fourth-order valence-electron chi connectivity index (χ4n) is 2.67. The van der Waals surface area contributed by atoms with Crippen molar-refractivity contribution in [3.05, 3.63) is 34.9 Å². The molecule has 0 bridgehead atoms. The third kappa shape index (κ3) is 2.61. The SMILES string of the molecule is Cc1cc(C)cc(CC2(CN)CCCS2)c1. The van der Waals surface area contributed by atoms with Crippen molar-refractivity contribution in [3.63, 3.8) is 0 Å². The smallest absolute Gasteiger partial charge is 0.0322 e. The molecule has 0 amide bonds. The van der Waals surface area contributed by atoms with Gasteiger partial charge in [-0.05, 0) is 44.4 Å². The van der Waals surface area contributed by atoms with E-state index in [0.29, 0.717) is 4.75 Å². The van der Waals surface area contributed by atoms with Crippen molar-refractivity contribution in [2.75, 3.05) is 12.3 Å². The zero-order valence-electron chi connectivity index (χ0n) is 10.3. The zero-order chi connectivity index (χ0) is 11.6. The van der Waals surface area contributed by atoms with Crippen LogP contribution in [0, 0.1) is 13.8 Å². The van der Waals surface area contributed by atoms with E-state index in [-0.39, 0.29) is 0 Å². The first-order chi connectivity index (χ1) is 7.63. The lowest BCUT2D eigenvalue weighted by atomic mass is 9.93. The number of aryl methyl sites for hydroxylation is 2. The number of nitrogens with two attached hydrogens (primary N) is 1. The number of benzene rings is 1. The van der Waals surface area contributed by atoms with Crippen molar-refractivity contribution in [1.29, 1.82) is 0 Å². The molecule has 0 aliphatic carbocycles. The van der Waals surface area contributed by atoms with Gasteiger partial charge in [0, 0.05) is 11.3 Å². The summed E-state index contributed by atoms with van der Waals surface area (Å²) in [7, 11) is 0. The highest BCUT2D eigenvalue weighted by Crippen LogP contribution is 2.40. The molecule has 0 saturated carbocycles. The molecule has 1 aromatic rings. The maximum Gasteiger partial charge on any atom is 0.0322 e. The van der Waals surface area contributed by atoms with Crippen molar-refractivity contribution >= 4 is 11.8 Å². The lowest BCUT2D eigenvalue weighted by Crippen LogP contribution is -2.34. The number of thioether (sulfide) groups is 1. The molecule has 1 atom stereocenters. The lowest BCUT2D eigenvalue weighted by molar-refractivity contribution is 0.564. The molecule has 1 heterocycles. The predicted molar refractivity (Wildman–Crippen MR) is 73.1 cm³/mol. The summed E-state index contributed by atoms with van der Waals surface area (Å²) in [5, 5.41) is 0. The average Bonchev–Trinajstić information content (AvgIpc) is 2.65. The zero-order valence-corrected chi connectivity index (χ0v) is 11.1. The number of rotatable bonds is 3. The van der Waals surface area contributed by atoms with Crippen LogP contribution in [0.4, 0.5) is 0 Å². The quantitative estimate of drug-likeness (QED) is 0.871. The van der Waals surface area contributed by atoms with Gasteiger partial charge in [0.15, 0.2) is 0 Å². The summed E-state index contributed by atoms with van der Waals surface area (Å²) < 4.78 is 0.320. The third-order valence-electron chi connectivity index (χ3n) is 3.36. The van der Waals surface area contributed by atoms with Crippen LogP contribution >= 0.6 is 11.8 Å². The fraction of sp³-hybridized carbons (Fsp3) is 0.571. The second-order valence-corrected chi connectivity index (χ2v) is 6.57. The fourth-order valence-corrected chi connectivity index (χ4v) is 4.07. The van der Waals surface area contributed by atoms with Gasteiger partial charge in [0.2, 0.25) is 0 Å². The molecule has 1 aliphatic heterocycles. The summed E-state index contributed by atoms with van der Waals surface area (Å²) in [6, 6.07) is 6.85. The highest BCUT2D eigenvalue weighted by molar-refractivity contribution is 8.00. The molecule has 16 heavy (non-hydrogen) atoms. The summed E-state index contributed by atoms with van der Waals surface area (Å²) in [6.45, 7) is 5.16. The first kappa shape index (κ1) is 12.0. The summed E-state index contributed by atoms with van der Waals surface area (Å²) in [4.78, 5) is 0. The van der Waals surface area contributed by atoms with Crippen LogP contribution in [0.2, 0.25) is 0 Å². The van der Waals surface area contributed by atoms with Crippen LogP contribution in [0.15, 0.2) is 18.2 Å². The molecule has 0 spiro atoms. The monoisotopic (exact) mass is 235 g/mol. The van der Waals surface area contributed by atoms with Crippen molar-refractivity contribution in [2.45, 2.75) is 37.9 Å². The Kier molecular flexibility index (Phi) is 3.60. The molecule has 2 rings (SSSR count). The molecule has 1 aromatic carbocycles. The van der Waals surface area contributed by atoms with Gasteiger partial charge < -0.3 is 5.73 Å². The molecule has 0 radical (unpaired) electrons. The van der Waals surface area contributed by atoms with Crippen molar-refractivity contribution in [1.82, 2.24) is 0 Å². The van der Waals surface area contributed by atoms with E-state index in [9.17, 15) is 0 Å². The van der Waals surface area contributed by atoms with Gasteiger partial charge >= 0.3 is 0 Å². The van der Waals surface area contributed by atoms with Gasteiger partial charge in [-0.1, -0.05) is 29.3 Å². The van der Waals surface area contributed by atoms with Crippen molar-refractivity contribution in [3.8, 4) is 0 Å². The molecule has 1 unspecified atom stereocenters. The molecular formula is C14H21NS. The normalized spacial score (nSPS) is 24.9. The van der Waals surface area contributed by atoms with Crippen LogP contribution in [0.5, 0.6) is 0 Å². The van der Waals surface area contributed by atoms with Crippen LogP contribution in [0.1, 0.15) is 29.5 Å². The summed E-state index contributed by atoms with van der Waals surface area (Å²) in [6.07, 6.45) is 3.74. The van der Waals surface area contributed by atoms with Gasteiger partial charge in [-0.2, -0.15) is 11.8 Å². The molecule has 0 aromatic heterocycles. The van der Waals surface area contributed by atoms with Gasteiger partial charge in [0.1, 0.15) is 0 Å². The Bertz CT molecular complexity index is 347. The highest BCUT2D eigenvalue weighted by atomic mass is 32.2. The van der Waals surface area contributed by atoms with Gasteiger partial charge in [-0.25, -0.2) is 0 Å². The van der Waals surface area contributed by atoms with E-state index in [4.69, 9.17) is 5.73 Å². The first-order valence-electron chi connectivity index (χ1n) is 6.05. The molecule has 1 aliphatic rings. The summed E-state index contributed by atoms with van der Waals surface area (Å²) in [5.41, 5.74) is 10.2. The van der Waals surface area contributed by atoms with Crippen LogP contribution in [0.3, 0.4) is 0 Å². The van der Waals surface area contributed by atoms with Crippen LogP contribution in [-0.4, -0.2) is 17.0 Å². The van der Waals surface area contributed by atoms with Crippen molar-refractivity contribution in [2.24, 2.45) is 5.73 Å². The minimum atomic E-state index is 0.320. The largest absolute Gasteiger partial charge is 0.329 e. The molecular weight excluding hydrogens is 214 g/mol. The van der Waals surface area contributed by atoms with Crippen LogP contribution in [0.25, 0.3) is 0 Å². The summed E-state index contributed by atoms with van der Waals surface area (Å²) in [5.74, 6) is 1.28. The first-order valence-corrected chi connectivity index (χ1v) is 7.03. The van der Waals surface area contributed by atoms with Gasteiger partial charge in [0.05, 0.1) is 0 Å². The Hall–Kier alpha value is -0.470. The van der Waals surface area contributed by atoms with E-state index in [2.05, 4.69) is 43.8 Å². The summed E-state index contributed by atoms with van der Waals surface area (Å²) >= 11 is 2.07. The van der Waals surface area contributed by atoms with E-state index < -0.39 is 0 Å². The molecule has 2 N–H and O–H groups in total. The van der Waals surface area contributed by atoms with Gasteiger partial charge in [-0.3, -0.25) is 0 Å². The Morgan fingerprint density at radius 3 is 2.44 bits per heavy atom. The van der Waals surface area contributed by atoms with E-state index >= 15 is 0 Å². The Labute approximate surface area is 103 Å². The minimum absolute atomic E-state index is 0.320. The van der Waals surface area contributed by atoms with E-state index in [1.54, 1.807) is 0 Å². The topological polar surface area (TPSA) is 26.0 Å². The van der Waals surface area contributed by atoms with Crippen LogP contribution in [-0.2, 0) is 6.42 Å². The Balaban J connectivity index is 2.18. The van der Waals surface area contributed by atoms with E-state index in [0.717, 1.165) is 13.0 Å². The number of hydrogen-bond acceptors (Lipinski definition) is 2. The van der Waals surface area contributed by atoms with Crippen LogP contribution < -0.4 is 5.73 Å². The maximum absolute atomic E-state index is 5.97. The standard InChI is InChI=1S/C14H21NS/c1-11-6-12(2)8-13(7-11)9-14(10-15)4-3-5-16-14/h6-8H,3-5,9-10,15H2,1-2H3. The molecule has 2 heteroatoms. The molecule has 1 nitrogen and oxygen atoms in total. The number of hydrogen-bond donors (Lipinski definition) is 1. The minimum Gasteiger partial charge on any atom is -0.329 e. The average molecular weight is 235 g/mol. The second kappa shape index (κ2) is 4.80. The molecule has 1 fully saturated rings. The molecule has 1 saturated heterocycles. The second-order valence-electron chi connectivity index (χ2n) is 5.01.